The summed E-state index contributed by atoms with van der Waals surface area (Å²) < 4.78 is 14.6. The molecule has 28 heavy (non-hydrogen) atoms. The first-order valence-corrected chi connectivity index (χ1v) is 9.36. The van der Waals surface area contributed by atoms with Gasteiger partial charge in [0, 0.05) is 35.8 Å². The predicted molar refractivity (Wildman–Crippen MR) is 100 cm³/mol. The number of imidazole rings is 1. The molecular weight excluding hydrogens is 380 g/mol. The minimum absolute atomic E-state index is 0.176. The van der Waals surface area contributed by atoms with Crippen molar-refractivity contribution < 1.29 is 9.26 Å². The van der Waals surface area contributed by atoms with Crippen molar-refractivity contribution in [3.05, 3.63) is 52.9 Å². The molecule has 0 atom stereocenters. The molecule has 2 aliphatic heterocycles. The van der Waals surface area contributed by atoms with E-state index in [1.165, 1.54) is 0 Å². The highest BCUT2D eigenvalue weighted by Gasteiger charge is 2.30. The van der Waals surface area contributed by atoms with E-state index in [4.69, 9.17) is 20.9 Å². The number of nitrogens with zero attached hydrogens (tertiary/aromatic N) is 6. The van der Waals surface area contributed by atoms with Crippen LogP contribution in [-0.4, -0.2) is 42.7 Å². The van der Waals surface area contributed by atoms with E-state index in [0.29, 0.717) is 42.1 Å². The SMILES string of the molecule is Cn1cc2c(n1)-c1cc(Cl)ccc1-n1cnc(-c3noc(C4COC4)n3)c1C2. The van der Waals surface area contributed by atoms with Crippen LogP contribution in [0.5, 0.6) is 0 Å². The molecule has 0 aliphatic carbocycles. The lowest BCUT2D eigenvalue weighted by atomic mass is 10.0. The largest absolute Gasteiger partial charge is 0.380 e. The Balaban J connectivity index is 1.54. The number of halogens is 1. The molecule has 0 saturated carbocycles. The van der Waals surface area contributed by atoms with Gasteiger partial charge in [-0.1, -0.05) is 16.8 Å². The van der Waals surface area contributed by atoms with Gasteiger partial charge in [0.2, 0.25) is 11.7 Å². The van der Waals surface area contributed by atoms with Crippen molar-refractivity contribution in [3.8, 4) is 28.5 Å². The molecule has 4 aromatic rings. The van der Waals surface area contributed by atoms with E-state index in [1.807, 2.05) is 36.1 Å². The Morgan fingerprint density at radius 2 is 2.11 bits per heavy atom. The van der Waals surface area contributed by atoms with Gasteiger partial charge in [-0.15, -0.1) is 0 Å². The van der Waals surface area contributed by atoms with E-state index in [9.17, 15) is 0 Å². The average molecular weight is 395 g/mol. The molecule has 1 aromatic carbocycles. The van der Waals surface area contributed by atoms with Gasteiger partial charge in [0.25, 0.3) is 0 Å². The van der Waals surface area contributed by atoms with Gasteiger partial charge in [0.15, 0.2) is 0 Å². The maximum Gasteiger partial charge on any atom is 0.234 e. The van der Waals surface area contributed by atoms with Gasteiger partial charge in [-0.2, -0.15) is 10.1 Å². The lowest BCUT2D eigenvalue weighted by molar-refractivity contribution is -0.00445. The average Bonchev–Trinajstić information content (AvgIpc) is 3.31. The number of hydrogen-bond acceptors (Lipinski definition) is 6. The Bertz CT molecular complexity index is 1220. The Morgan fingerprint density at radius 1 is 1.21 bits per heavy atom. The number of benzene rings is 1. The van der Waals surface area contributed by atoms with Crippen LogP contribution < -0.4 is 0 Å². The number of ether oxygens (including phenoxy) is 1. The molecule has 1 fully saturated rings. The van der Waals surface area contributed by atoms with Gasteiger partial charge in [0.1, 0.15) is 12.0 Å². The number of hydrogen-bond donors (Lipinski definition) is 0. The standard InChI is InChI=1S/C19H15ClN6O2/c1-25-6-10-4-15-17(18-22-19(28-24-18)11-7-27-8-11)21-9-26(15)14-3-2-12(20)5-13(14)16(10)23-25/h2-3,5-6,9,11H,4,7-8H2,1H3. The molecule has 0 unspecified atom stereocenters. The third-order valence-electron chi connectivity index (χ3n) is 5.24. The van der Waals surface area contributed by atoms with Crippen molar-refractivity contribution in [2.45, 2.75) is 12.3 Å². The lowest BCUT2D eigenvalue weighted by Crippen LogP contribution is -2.25. The molecule has 0 bridgehead atoms. The normalized spacial score (nSPS) is 15.5. The highest BCUT2D eigenvalue weighted by molar-refractivity contribution is 6.31. The van der Waals surface area contributed by atoms with Crippen molar-refractivity contribution in [2.75, 3.05) is 13.2 Å². The molecule has 0 spiro atoms. The monoisotopic (exact) mass is 394 g/mol. The number of aryl methyl sites for hydroxylation is 1. The summed E-state index contributed by atoms with van der Waals surface area (Å²) in [6.45, 7) is 1.24. The molecule has 8 nitrogen and oxygen atoms in total. The first-order chi connectivity index (χ1) is 13.7. The van der Waals surface area contributed by atoms with E-state index < -0.39 is 0 Å². The minimum atomic E-state index is 0.176. The lowest BCUT2D eigenvalue weighted by Gasteiger charge is -2.21. The Morgan fingerprint density at radius 3 is 2.93 bits per heavy atom. The number of rotatable bonds is 2. The van der Waals surface area contributed by atoms with E-state index in [0.717, 1.165) is 28.2 Å². The van der Waals surface area contributed by atoms with Crippen molar-refractivity contribution in [1.82, 2.24) is 29.5 Å². The van der Waals surface area contributed by atoms with E-state index in [1.54, 1.807) is 6.33 Å². The van der Waals surface area contributed by atoms with Crippen LogP contribution in [0, 0.1) is 0 Å². The molecular formula is C19H15ClN6O2. The summed E-state index contributed by atoms with van der Waals surface area (Å²) in [5, 5.41) is 9.51. The first kappa shape index (κ1) is 16.0. The fraction of sp³-hybridized carbons (Fsp3) is 0.263. The maximum absolute atomic E-state index is 6.28. The highest BCUT2D eigenvalue weighted by Crippen LogP contribution is 2.38. The highest BCUT2D eigenvalue weighted by atomic mass is 35.5. The summed E-state index contributed by atoms with van der Waals surface area (Å²) in [5.41, 5.74) is 5.69. The van der Waals surface area contributed by atoms with Crippen LogP contribution in [0.1, 0.15) is 23.1 Å². The van der Waals surface area contributed by atoms with Crippen molar-refractivity contribution in [3.63, 3.8) is 0 Å². The van der Waals surface area contributed by atoms with Crippen LogP contribution in [-0.2, 0) is 18.2 Å². The molecule has 1 saturated heterocycles. The third kappa shape index (κ3) is 2.28. The number of fused-ring (bicyclic) bond motifs is 5. The molecule has 5 heterocycles. The van der Waals surface area contributed by atoms with E-state index in [2.05, 4.69) is 24.8 Å². The van der Waals surface area contributed by atoms with Crippen molar-refractivity contribution in [1.29, 1.82) is 0 Å². The fourth-order valence-electron chi connectivity index (χ4n) is 3.79. The zero-order valence-corrected chi connectivity index (χ0v) is 15.7. The second-order valence-corrected chi connectivity index (χ2v) is 7.55. The Kier molecular flexibility index (Phi) is 3.30. The van der Waals surface area contributed by atoms with Gasteiger partial charge >= 0.3 is 0 Å². The summed E-state index contributed by atoms with van der Waals surface area (Å²) in [7, 11) is 1.92. The molecule has 6 rings (SSSR count). The molecule has 0 amide bonds. The van der Waals surface area contributed by atoms with Crippen LogP contribution in [0.25, 0.3) is 28.5 Å². The summed E-state index contributed by atoms with van der Waals surface area (Å²) in [5.74, 6) is 1.28. The second-order valence-electron chi connectivity index (χ2n) is 7.12. The molecule has 3 aromatic heterocycles. The van der Waals surface area contributed by atoms with Crippen LogP contribution in [0.4, 0.5) is 0 Å². The fourth-order valence-corrected chi connectivity index (χ4v) is 3.97. The smallest absolute Gasteiger partial charge is 0.234 e. The van der Waals surface area contributed by atoms with E-state index in [-0.39, 0.29) is 5.92 Å². The zero-order valence-electron chi connectivity index (χ0n) is 15.0. The van der Waals surface area contributed by atoms with Gasteiger partial charge in [0.05, 0.1) is 36.2 Å². The third-order valence-corrected chi connectivity index (χ3v) is 5.48. The predicted octanol–water partition coefficient (Wildman–Crippen LogP) is 2.99. The Hall–Kier alpha value is -2.97. The summed E-state index contributed by atoms with van der Waals surface area (Å²) >= 11 is 6.28. The minimum Gasteiger partial charge on any atom is -0.380 e. The summed E-state index contributed by atoms with van der Waals surface area (Å²) in [6.07, 6.45) is 4.48. The molecule has 140 valence electrons. The van der Waals surface area contributed by atoms with Gasteiger partial charge in [-0.25, -0.2) is 4.98 Å². The van der Waals surface area contributed by atoms with Crippen LogP contribution >= 0.6 is 11.6 Å². The maximum atomic E-state index is 6.28. The van der Waals surface area contributed by atoms with Gasteiger partial charge in [-0.3, -0.25) is 4.68 Å². The molecule has 9 heteroatoms. The van der Waals surface area contributed by atoms with Gasteiger partial charge in [-0.05, 0) is 18.2 Å². The van der Waals surface area contributed by atoms with Crippen molar-refractivity contribution >= 4 is 11.6 Å². The molecule has 0 N–H and O–H groups in total. The topological polar surface area (TPSA) is 83.8 Å². The quantitative estimate of drug-likeness (QED) is 0.457. The zero-order chi connectivity index (χ0) is 18.8. The summed E-state index contributed by atoms with van der Waals surface area (Å²) in [4.78, 5) is 9.18. The molecule has 0 radical (unpaired) electrons. The summed E-state index contributed by atoms with van der Waals surface area (Å²) in [6, 6.07) is 5.81. The second kappa shape index (κ2) is 5.76. The molecule has 2 aliphatic rings. The van der Waals surface area contributed by atoms with Crippen LogP contribution in [0.15, 0.2) is 35.2 Å². The van der Waals surface area contributed by atoms with Crippen LogP contribution in [0.2, 0.25) is 5.02 Å². The van der Waals surface area contributed by atoms with Gasteiger partial charge < -0.3 is 13.8 Å². The van der Waals surface area contributed by atoms with Crippen molar-refractivity contribution in [2.24, 2.45) is 7.05 Å². The number of aromatic nitrogens is 6. The Labute approximate surface area is 164 Å². The van der Waals surface area contributed by atoms with Crippen LogP contribution in [0.3, 0.4) is 0 Å². The first-order valence-electron chi connectivity index (χ1n) is 8.98. The van der Waals surface area contributed by atoms with E-state index >= 15 is 0 Å².